The fourth-order valence-corrected chi connectivity index (χ4v) is 5.78. The van der Waals surface area contributed by atoms with Crippen LogP contribution in [0.5, 0.6) is 0 Å². The van der Waals surface area contributed by atoms with Crippen molar-refractivity contribution in [3.8, 4) is 0 Å². The minimum atomic E-state index is 0.133. The molecular weight excluding hydrogens is 398 g/mol. The highest BCUT2D eigenvalue weighted by atomic mass is 15.1. The normalized spacial score (nSPS) is 22.7. The fraction of sp³-hybridized carbons (Fsp3) is 0.250. The number of benzene rings is 3. The lowest BCUT2D eigenvalue weighted by molar-refractivity contribution is 0.307. The van der Waals surface area contributed by atoms with Crippen LogP contribution in [0.2, 0.25) is 0 Å². The summed E-state index contributed by atoms with van der Waals surface area (Å²) in [6.07, 6.45) is 16.3. The number of para-hydroxylation sites is 1. The van der Waals surface area contributed by atoms with Crippen LogP contribution in [-0.4, -0.2) is 4.57 Å². The molecule has 0 saturated heterocycles. The Labute approximate surface area is 196 Å². The molecule has 0 bridgehead atoms. The van der Waals surface area contributed by atoms with Gasteiger partial charge in [0.2, 0.25) is 0 Å². The molecule has 0 N–H and O–H groups in total. The Morgan fingerprint density at radius 2 is 1.70 bits per heavy atom. The van der Waals surface area contributed by atoms with Gasteiger partial charge in [-0.15, -0.1) is 0 Å². The van der Waals surface area contributed by atoms with E-state index in [4.69, 9.17) is 0 Å². The second kappa shape index (κ2) is 7.92. The standard InChI is InChI=1S/C32H31N/c1-23-10-12-24(13-11-23)25-14-16-26(17-15-25)27-18-19-31-29(22-27)28-8-4-5-9-30(28)33(31)32(2)20-6-3-7-21-32/h3-6,8-16,18-19,22,26H,7,17,20-21H2,1-2H3. The smallest absolute Gasteiger partial charge is 0.0496 e. The van der Waals surface area contributed by atoms with Gasteiger partial charge in [0.1, 0.15) is 0 Å². The van der Waals surface area contributed by atoms with E-state index in [-0.39, 0.29) is 5.54 Å². The molecule has 0 fully saturated rings. The maximum Gasteiger partial charge on any atom is 0.0496 e. The van der Waals surface area contributed by atoms with Crippen LogP contribution in [-0.2, 0) is 5.54 Å². The van der Waals surface area contributed by atoms with Crippen molar-refractivity contribution in [2.75, 3.05) is 0 Å². The third-order valence-electron chi connectivity index (χ3n) is 7.72. The second-order valence-corrected chi connectivity index (χ2v) is 10.1. The minimum absolute atomic E-state index is 0.133. The molecule has 1 aromatic heterocycles. The summed E-state index contributed by atoms with van der Waals surface area (Å²) in [4.78, 5) is 0. The third kappa shape index (κ3) is 3.47. The molecule has 164 valence electrons. The zero-order valence-corrected chi connectivity index (χ0v) is 19.6. The number of allylic oxidation sites excluding steroid dienone is 6. The molecule has 2 aliphatic carbocycles. The fourth-order valence-electron chi connectivity index (χ4n) is 5.78. The van der Waals surface area contributed by atoms with Crippen LogP contribution in [0.3, 0.4) is 0 Å². The highest BCUT2D eigenvalue weighted by molar-refractivity contribution is 6.08. The average Bonchev–Trinajstić information content (AvgIpc) is 3.20. The van der Waals surface area contributed by atoms with Crippen molar-refractivity contribution in [1.82, 2.24) is 4.57 Å². The largest absolute Gasteiger partial charge is 0.334 e. The van der Waals surface area contributed by atoms with E-state index in [9.17, 15) is 0 Å². The Morgan fingerprint density at radius 1 is 0.879 bits per heavy atom. The van der Waals surface area contributed by atoms with E-state index in [1.165, 1.54) is 50.5 Å². The van der Waals surface area contributed by atoms with Crippen LogP contribution in [0, 0.1) is 6.92 Å². The van der Waals surface area contributed by atoms with E-state index >= 15 is 0 Å². The highest BCUT2D eigenvalue weighted by Gasteiger charge is 2.30. The molecule has 1 nitrogen and oxygen atoms in total. The van der Waals surface area contributed by atoms with Crippen LogP contribution in [0.4, 0.5) is 0 Å². The number of fused-ring (bicyclic) bond motifs is 3. The predicted molar refractivity (Wildman–Crippen MR) is 142 cm³/mol. The van der Waals surface area contributed by atoms with Crippen LogP contribution in [0.1, 0.15) is 55.2 Å². The van der Waals surface area contributed by atoms with Gasteiger partial charge in [-0.2, -0.15) is 0 Å². The molecule has 1 heterocycles. The number of hydrogen-bond acceptors (Lipinski definition) is 0. The molecule has 33 heavy (non-hydrogen) atoms. The summed E-state index contributed by atoms with van der Waals surface area (Å²) < 4.78 is 2.62. The lowest BCUT2D eigenvalue weighted by Gasteiger charge is -2.34. The van der Waals surface area contributed by atoms with E-state index in [0.717, 1.165) is 19.3 Å². The molecule has 6 rings (SSSR count). The lowest BCUT2D eigenvalue weighted by Crippen LogP contribution is -2.30. The first-order chi connectivity index (χ1) is 16.1. The first kappa shape index (κ1) is 20.3. The van der Waals surface area contributed by atoms with Crippen LogP contribution < -0.4 is 0 Å². The third-order valence-corrected chi connectivity index (χ3v) is 7.72. The quantitative estimate of drug-likeness (QED) is 0.287. The predicted octanol–water partition coefficient (Wildman–Crippen LogP) is 8.69. The van der Waals surface area contributed by atoms with Gasteiger partial charge in [-0.3, -0.25) is 0 Å². The van der Waals surface area contributed by atoms with Crippen molar-refractivity contribution < 1.29 is 0 Å². The number of hydrogen-bond donors (Lipinski definition) is 0. The van der Waals surface area contributed by atoms with Crippen molar-refractivity contribution >= 4 is 27.4 Å². The second-order valence-electron chi connectivity index (χ2n) is 10.1. The zero-order valence-electron chi connectivity index (χ0n) is 19.6. The van der Waals surface area contributed by atoms with Gasteiger partial charge in [0.15, 0.2) is 0 Å². The summed E-state index contributed by atoms with van der Waals surface area (Å²) in [5.41, 5.74) is 8.23. The summed E-state index contributed by atoms with van der Waals surface area (Å²) in [6, 6.07) is 25.0. The minimum Gasteiger partial charge on any atom is -0.334 e. The summed E-state index contributed by atoms with van der Waals surface area (Å²) in [5.74, 6) is 0.430. The number of rotatable bonds is 3. The molecule has 0 amide bonds. The number of aryl methyl sites for hydroxylation is 1. The molecule has 0 radical (unpaired) electrons. The van der Waals surface area contributed by atoms with Crippen molar-refractivity contribution in [2.45, 2.75) is 51.0 Å². The summed E-state index contributed by atoms with van der Waals surface area (Å²) in [7, 11) is 0. The molecule has 4 aromatic rings. The highest BCUT2D eigenvalue weighted by Crippen LogP contribution is 2.41. The maximum absolute atomic E-state index is 2.62. The van der Waals surface area contributed by atoms with Crippen molar-refractivity contribution in [1.29, 1.82) is 0 Å². The molecule has 0 saturated carbocycles. The monoisotopic (exact) mass is 429 g/mol. The van der Waals surface area contributed by atoms with Gasteiger partial charge in [-0.05, 0) is 74.4 Å². The summed E-state index contributed by atoms with van der Waals surface area (Å²) >= 11 is 0. The Bertz CT molecular complexity index is 1430. The van der Waals surface area contributed by atoms with Gasteiger partial charge in [0.05, 0.1) is 0 Å². The molecule has 1 heteroatoms. The Kier molecular flexibility index (Phi) is 4.87. The van der Waals surface area contributed by atoms with Crippen LogP contribution >= 0.6 is 0 Å². The van der Waals surface area contributed by atoms with Gasteiger partial charge in [0, 0.05) is 33.3 Å². The van der Waals surface area contributed by atoms with Gasteiger partial charge in [-0.25, -0.2) is 0 Å². The van der Waals surface area contributed by atoms with E-state index in [1.54, 1.807) is 0 Å². The molecule has 2 aliphatic rings. The van der Waals surface area contributed by atoms with E-state index < -0.39 is 0 Å². The van der Waals surface area contributed by atoms with E-state index in [0.29, 0.717) is 5.92 Å². The Balaban J connectivity index is 1.39. The number of aromatic nitrogens is 1. The zero-order chi connectivity index (χ0) is 22.4. The first-order valence-corrected chi connectivity index (χ1v) is 12.3. The topological polar surface area (TPSA) is 4.93 Å². The van der Waals surface area contributed by atoms with Crippen molar-refractivity contribution in [3.05, 3.63) is 114 Å². The van der Waals surface area contributed by atoms with Crippen LogP contribution in [0.25, 0.3) is 27.4 Å². The van der Waals surface area contributed by atoms with E-state index in [1.807, 2.05) is 0 Å². The first-order valence-electron chi connectivity index (χ1n) is 12.3. The van der Waals surface area contributed by atoms with Gasteiger partial charge >= 0.3 is 0 Å². The molecule has 2 atom stereocenters. The molecular formula is C32H31N. The van der Waals surface area contributed by atoms with Crippen molar-refractivity contribution in [3.63, 3.8) is 0 Å². The maximum atomic E-state index is 2.62. The number of nitrogens with zero attached hydrogens (tertiary/aromatic N) is 1. The molecule has 2 unspecified atom stereocenters. The van der Waals surface area contributed by atoms with E-state index in [2.05, 4.69) is 116 Å². The van der Waals surface area contributed by atoms with Gasteiger partial charge < -0.3 is 4.57 Å². The Morgan fingerprint density at radius 3 is 2.45 bits per heavy atom. The van der Waals surface area contributed by atoms with Crippen molar-refractivity contribution in [2.24, 2.45) is 0 Å². The lowest BCUT2D eigenvalue weighted by atomic mass is 9.86. The van der Waals surface area contributed by atoms with Gasteiger partial charge in [-0.1, -0.05) is 84.5 Å². The van der Waals surface area contributed by atoms with Gasteiger partial charge in [0.25, 0.3) is 0 Å². The summed E-state index contributed by atoms with van der Waals surface area (Å²) in [6.45, 7) is 4.57. The Hall–Kier alpha value is -3.32. The molecule has 0 aliphatic heterocycles. The average molecular weight is 430 g/mol. The summed E-state index contributed by atoms with van der Waals surface area (Å²) in [5, 5.41) is 2.77. The SMILES string of the molecule is Cc1ccc(C2=CCC(c3ccc4c(c3)c3ccccc3n4C3(C)CC=CCC3)C=C2)cc1. The van der Waals surface area contributed by atoms with Crippen LogP contribution in [0.15, 0.2) is 97.1 Å². The molecule has 3 aromatic carbocycles. The molecule has 0 spiro atoms.